The van der Waals surface area contributed by atoms with E-state index in [9.17, 15) is 13.8 Å². The molecule has 2 N–H and O–H groups in total. The van der Waals surface area contributed by atoms with Crippen LogP contribution in [0, 0.1) is 0 Å². The van der Waals surface area contributed by atoms with Gasteiger partial charge in [-0.2, -0.15) is 0 Å². The standard InChI is InChI=1S/C17H19NO6S/c1-3-23-13-6-4-12(5-7-13)18-16(19)11(2)25(22)10-14-8-9-15(24-14)17(20)21/h4-9,11H,3,10H2,1-2H3,(H,18,19)(H,20,21). The van der Waals surface area contributed by atoms with E-state index in [-0.39, 0.29) is 17.3 Å². The topological polar surface area (TPSA) is 106 Å². The average Bonchev–Trinajstić information content (AvgIpc) is 3.05. The molecule has 1 heterocycles. The first kappa shape index (κ1) is 18.7. The van der Waals surface area contributed by atoms with E-state index < -0.39 is 27.9 Å². The SMILES string of the molecule is CCOc1ccc(NC(=O)C(C)S(=O)Cc2ccc(C(=O)O)o2)cc1. The summed E-state index contributed by atoms with van der Waals surface area (Å²) in [6, 6.07) is 9.60. The van der Waals surface area contributed by atoms with E-state index in [2.05, 4.69) is 5.32 Å². The number of rotatable bonds is 8. The van der Waals surface area contributed by atoms with Gasteiger partial charge in [0.05, 0.1) is 12.4 Å². The van der Waals surface area contributed by atoms with E-state index in [4.69, 9.17) is 14.3 Å². The van der Waals surface area contributed by atoms with Crippen molar-refractivity contribution >= 4 is 28.4 Å². The van der Waals surface area contributed by atoms with Crippen LogP contribution in [0.2, 0.25) is 0 Å². The molecule has 0 spiro atoms. The van der Waals surface area contributed by atoms with Crippen LogP contribution in [0.4, 0.5) is 5.69 Å². The van der Waals surface area contributed by atoms with Crippen molar-refractivity contribution in [2.24, 2.45) is 0 Å². The normalized spacial score (nSPS) is 13.0. The van der Waals surface area contributed by atoms with Gasteiger partial charge in [-0.05, 0) is 50.2 Å². The van der Waals surface area contributed by atoms with Gasteiger partial charge in [0.25, 0.3) is 0 Å². The summed E-state index contributed by atoms with van der Waals surface area (Å²) in [7, 11) is -1.55. The number of carboxylic acids is 1. The van der Waals surface area contributed by atoms with E-state index in [0.717, 1.165) is 0 Å². The second-order valence-electron chi connectivity index (χ2n) is 5.19. The Morgan fingerprint density at radius 2 is 1.92 bits per heavy atom. The third-order valence-electron chi connectivity index (χ3n) is 3.35. The summed E-state index contributed by atoms with van der Waals surface area (Å²) >= 11 is 0. The molecule has 1 amide bonds. The summed E-state index contributed by atoms with van der Waals surface area (Å²) in [6.07, 6.45) is 0. The van der Waals surface area contributed by atoms with Gasteiger partial charge in [0.2, 0.25) is 11.7 Å². The molecular formula is C17H19NO6S. The fourth-order valence-electron chi connectivity index (χ4n) is 2.00. The first-order chi connectivity index (χ1) is 11.9. The number of nitrogens with one attached hydrogen (secondary N) is 1. The van der Waals surface area contributed by atoms with Crippen molar-refractivity contribution in [3.05, 3.63) is 47.9 Å². The number of carbonyl (C=O) groups excluding carboxylic acids is 1. The number of ether oxygens (including phenoxy) is 1. The van der Waals surface area contributed by atoms with Gasteiger partial charge in [-0.25, -0.2) is 4.79 Å². The smallest absolute Gasteiger partial charge is 0.371 e. The predicted molar refractivity (Wildman–Crippen MR) is 93.2 cm³/mol. The molecule has 7 nitrogen and oxygen atoms in total. The predicted octanol–water partition coefficient (Wildman–Crippen LogP) is 2.65. The second kappa shape index (κ2) is 8.48. The monoisotopic (exact) mass is 365 g/mol. The van der Waals surface area contributed by atoms with Crippen LogP contribution in [0.5, 0.6) is 5.75 Å². The highest BCUT2D eigenvalue weighted by atomic mass is 32.2. The van der Waals surface area contributed by atoms with E-state index in [1.807, 2.05) is 6.92 Å². The molecule has 0 saturated heterocycles. The van der Waals surface area contributed by atoms with Gasteiger partial charge >= 0.3 is 5.97 Å². The molecule has 134 valence electrons. The second-order valence-corrected chi connectivity index (χ2v) is 6.94. The number of anilines is 1. The van der Waals surface area contributed by atoms with Crippen molar-refractivity contribution in [1.82, 2.24) is 0 Å². The van der Waals surface area contributed by atoms with Gasteiger partial charge < -0.3 is 19.6 Å². The summed E-state index contributed by atoms with van der Waals surface area (Å²) in [5.41, 5.74) is 0.573. The molecule has 8 heteroatoms. The Morgan fingerprint density at radius 1 is 1.24 bits per heavy atom. The van der Waals surface area contributed by atoms with E-state index >= 15 is 0 Å². The summed E-state index contributed by atoms with van der Waals surface area (Å²) < 4.78 is 22.7. The van der Waals surface area contributed by atoms with Gasteiger partial charge in [-0.15, -0.1) is 0 Å². The Labute approximate surface area is 147 Å². The maximum absolute atomic E-state index is 12.3. The Kier molecular flexibility index (Phi) is 6.35. The maximum Gasteiger partial charge on any atom is 0.371 e. The van der Waals surface area contributed by atoms with E-state index in [0.29, 0.717) is 18.0 Å². The molecule has 0 saturated carbocycles. The zero-order valence-electron chi connectivity index (χ0n) is 13.9. The van der Waals surface area contributed by atoms with Crippen molar-refractivity contribution in [2.45, 2.75) is 24.9 Å². The number of carbonyl (C=O) groups is 2. The van der Waals surface area contributed by atoms with Crippen LogP contribution in [-0.2, 0) is 21.3 Å². The Balaban J connectivity index is 1.93. The van der Waals surface area contributed by atoms with Crippen molar-refractivity contribution in [3.63, 3.8) is 0 Å². The molecule has 1 aromatic heterocycles. The van der Waals surface area contributed by atoms with E-state index in [1.165, 1.54) is 12.1 Å². The molecule has 0 aliphatic carbocycles. The van der Waals surface area contributed by atoms with Crippen LogP contribution in [0.1, 0.15) is 30.2 Å². The molecule has 2 aromatic rings. The van der Waals surface area contributed by atoms with E-state index in [1.54, 1.807) is 31.2 Å². The first-order valence-electron chi connectivity index (χ1n) is 7.63. The van der Waals surface area contributed by atoms with Crippen LogP contribution < -0.4 is 10.1 Å². The molecule has 0 radical (unpaired) electrons. The van der Waals surface area contributed by atoms with Crippen molar-refractivity contribution in [3.8, 4) is 5.75 Å². The van der Waals surface area contributed by atoms with Gasteiger partial charge in [0.1, 0.15) is 16.8 Å². The number of furan rings is 1. The highest BCUT2D eigenvalue weighted by Gasteiger charge is 2.22. The van der Waals surface area contributed by atoms with Crippen LogP contribution in [0.3, 0.4) is 0 Å². The zero-order valence-corrected chi connectivity index (χ0v) is 14.7. The van der Waals surface area contributed by atoms with Gasteiger partial charge in [0, 0.05) is 16.5 Å². The molecule has 1 aromatic carbocycles. The minimum Gasteiger partial charge on any atom is -0.494 e. The Bertz CT molecular complexity index is 768. The number of hydrogen-bond acceptors (Lipinski definition) is 5. The van der Waals surface area contributed by atoms with Crippen molar-refractivity contribution in [2.75, 3.05) is 11.9 Å². The number of carboxylic acid groups (broad SMARTS) is 1. The summed E-state index contributed by atoms with van der Waals surface area (Å²) in [5.74, 6) is -0.893. The quantitative estimate of drug-likeness (QED) is 0.745. The van der Waals surface area contributed by atoms with Gasteiger partial charge in [0.15, 0.2) is 0 Å². The summed E-state index contributed by atoms with van der Waals surface area (Å²) in [5, 5.41) is 10.7. The molecule has 0 aliphatic rings. The van der Waals surface area contributed by atoms with Crippen LogP contribution in [-0.4, -0.2) is 33.0 Å². The third-order valence-corrected chi connectivity index (χ3v) is 4.93. The zero-order chi connectivity index (χ0) is 18.4. The lowest BCUT2D eigenvalue weighted by molar-refractivity contribution is -0.115. The molecule has 2 unspecified atom stereocenters. The first-order valence-corrected chi connectivity index (χ1v) is 9.01. The highest BCUT2D eigenvalue weighted by molar-refractivity contribution is 7.85. The molecule has 0 bridgehead atoms. The molecule has 0 fully saturated rings. The number of aromatic carboxylic acids is 1. The lowest BCUT2D eigenvalue weighted by Gasteiger charge is -2.12. The fourth-order valence-corrected chi connectivity index (χ4v) is 2.98. The van der Waals surface area contributed by atoms with Crippen LogP contribution in [0.15, 0.2) is 40.8 Å². The van der Waals surface area contributed by atoms with Crippen molar-refractivity contribution in [1.29, 1.82) is 0 Å². The lowest BCUT2D eigenvalue weighted by Crippen LogP contribution is -2.29. The molecular weight excluding hydrogens is 346 g/mol. The highest BCUT2D eigenvalue weighted by Crippen LogP contribution is 2.17. The van der Waals surface area contributed by atoms with Crippen LogP contribution >= 0.6 is 0 Å². The average molecular weight is 365 g/mol. The minimum atomic E-state index is -1.55. The fraction of sp³-hybridized carbons (Fsp3) is 0.294. The van der Waals surface area contributed by atoms with Gasteiger partial charge in [-0.1, -0.05) is 0 Å². The van der Waals surface area contributed by atoms with Crippen LogP contribution in [0.25, 0.3) is 0 Å². The summed E-state index contributed by atoms with van der Waals surface area (Å²) in [6.45, 7) is 3.98. The molecule has 25 heavy (non-hydrogen) atoms. The molecule has 2 atom stereocenters. The Hall–Kier alpha value is -2.61. The lowest BCUT2D eigenvalue weighted by atomic mass is 10.3. The molecule has 0 aliphatic heterocycles. The number of hydrogen-bond donors (Lipinski definition) is 2. The van der Waals surface area contributed by atoms with Crippen molar-refractivity contribution < 1.29 is 28.1 Å². The maximum atomic E-state index is 12.3. The minimum absolute atomic E-state index is 0.0366. The largest absolute Gasteiger partial charge is 0.494 e. The number of benzene rings is 1. The third kappa shape index (κ3) is 5.18. The Morgan fingerprint density at radius 3 is 2.48 bits per heavy atom. The van der Waals surface area contributed by atoms with Gasteiger partial charge in [-0.3, -0.25) is 9.00 Å². The number of amides is 1. The summed E-state index contributed by atoms with van der Waals surface area (Å²) in [4.78, 5) is 23.0. The molecule has 2 rings (SSSR count).